The zero-order chi connectivity index (χ0) is 32.3. The number of aromatic nitrogens is 4. The number of rotatable bonds is 5. The molecule has 0 fully saturated rings. The number of nitrogens with zero attached hydrogens (tertiary/aromatic N) is 5. The molecule has 3 aromatic rings. The van der Waals surface area contributed by atoms with Crippen LogP contribution in [0, 0.1) is 5.92 Å². The van der Waals surface area contributed by atoms with Gasteiger partial charge in [0, 0.05) is 62.4 Å². The van der Waals surface area contributed by atoms with Gasteiger partial charge in [-0.2, -0.15) is 0 Å². The minimum atomic E-state index is -1.30. The third-order valence-corrected chi connectivity index (χ3v) is 8.27. The van der Waals surface area contributed by atoms with E-state index in [1.165, 1.54) is 19.1 Å². The van der Waals surface area contributed by atoms with E-state index >= 15 is 0 Å². The lowest BCUT2D eigenvalue weighted by Crippen LogP contribution is -2.57. The molecule has 0 saturated carbocycles. The molecule has 244 valence electrons. The summed E-state index contributed by atoms with van der Waals surface area (Å²) in [7, 11) is 0. The number of carbonyl (C=O) groups excluding carboxylic acids is 3. The number of aliphatic hydroxyl groups excluding tert-OH is 1. The molecule has 45 heavy (non-hydrogen) atoms. The molecule has 0 aliphatic carbocycles. The van der Waals surface area contributed by atoms with Gasteiger partial charge in [0.25, 0.3) is 5.91 Å². The van der Waals surface area contributed by atoms with Crippen LogP contribution in [0.2, 0.25) is 5.02 Å². The van der Waals surface area contributed by atoms with Crippen LogP contribution in [0.5, 0.6) is 5.75 Å². The first-order valence-electron chi connectivity index (χ1n) is 15.1. The number of nitrogens with one attached hydrogen (secondary N) is 3. The second-order valence-corrected chi connectivity index (χ2v) is 12.8. The minimum absolute atomic E-state index is 0.0881. The van der Waals surface area contributed by atoms with Crippen molar-refractivity contribution in [1.29, 1.82) is 0 Å². The molecule has 5 rings (SSSR count). The van der Waals surface area contributed by atoms with Gasteiger partial charge in [0.05, 0.1) is 30.0 Å². The van der Waals surface area contributed by atoms with E-state index in [2.05, 4.69) is 36.1 Å². The van der Waals surface area contributed by atoms with Crippen LogP contribution in [0.15, 0.2) is 36.0 Å². The van der Waals surface area contributed by atoms with Crippen LogP contribution in [0.25, 0.3) is 0 Å². The van der Waals surface area contributed by atoms with Gasteiger partial charge in [-0.25, -0.2) is 4.98 Å². The fourth-order valence-electron chi connectivity index (χ4n) is 4.85. The summed E-state index contributed by atoms with van der Waals surface area (Å²) in [5.41, 5.74) is 1.04. The number of carbonyl (C=O) groups is 3. The molecule has 13 nitrogen and oxygen atoms in total. The summed E-state index contributed by atoms with van der Waals surface area (Å²) < 4.78 is 7.60. The number of aryl methyl sites for hydroxylation is 1. The maximum atomic E-state index is 13.3. The van der Waals surface area contributed by atoms with Crippen LogP contribution in [-0.4, -0.2) is 92.1 Å². The number of halogens is 1. The van der Waals surface area contributed by atoms with Crippen molar-refractivity contribution in [3.63, 3.8) is 0 Å². The number of hydrogen-bond acceptors (Lipinski definition) is 10. The van der Waals surface area contributed by atoms with Gasteiger partial charge in [0.2, 0.25) is 11.8 Å². The van der Waals surface area contributed by atoms with Crippen molar-refractivity contribution in [2.24, 2.45) is 5.92 Å². The molecule has 1 aromatic carbocycles. The SMILES string of the molecule is CC(C)C[C@H]1NC(=O)[C@H]([C@@H](C)O)NC(=O)c2ccc(c(Cl)c2)OCCCn2cc(nn2)CCN(Cc2nccs2)CCNC1=O. The fraction of sp³-hybridized carbons (Fsp3) is 0.533. The highest BCUT2D eigenvalue weighted by Crippen LogP contribution is 2.26. The first-order valence-corrected chi connectivity index (χ1v) is 16.3. The highest BCUT2D eigenvalue weighted by molar-refractivity contribution is 7.09. The van der Waals surface area contributed by atoms with Gasteiger partial charge in [0.1, 0.15) is 22.8 Å². The van der Waals surface area contributed by atoms with Crippen molar-refractivity contribution in [3.05, 3.63) is 57.3 Å². The van der Waals surface area contributed by atoms with Crippen molar-refractivity contribution < 1.29 is 24.2 Å². The molecule has 3 atom stereocenters. The normalized spacial score (nSPS) is 20.5. The fourth-order valence-corrected chi connectivity index (χ4v) is 5.74. The average molecular weight is 661 g/mol. The summed E-state index contributed by atoms with van der Waals surface area (Å²) in [6.07, 6.45) is 4.14. The standard InChI is InChI=1S/C30H41ClN8O5S/c1-19(2)15-24-29(42)33-8-12-38(18-26-32-9-14-45-26)11-7-22-17-39(37-36-22)10-4-13-44-25-6-5-21(16-23(25)31)28(41)35-27(20(3)40)30(43)34-24/h5-6,9,14,16-17,19-20,24,27,40H,4,7-8,10-13,15,18H2,1-3H3,(H,33,42)(H,34,43)(H,35,41)/t20-,24-,27+/m1/s1. The van der Waals surface area contributed by atoms with Crippen LogP contribution < -0.4 is 20.7 Å². The van der Waals surface area contributed by atoms with Crippen LogP contribution in [0.1, 0.15) is 54.7 Å². The van der Waals surface area contributed by atoms with E-state index in [0.29, 0.717) is 64.3 Å². The Hall–Kier alpha value is -3.59. The van der Waals surface area contributed by atoms with E-state index in [4.69, 9.17) is 16.3 Å². The molecule has 0 saturated heterocycles. The van der Waals surface area contributed by atoms with Crippen molar-refractivity contribution in [3.8, 4) is 5.75 Å². The van der Waals surface area contributed by atoms with E-state index in [1.54, 1.807) is 28.3 Å². The van der Waals surface area contributed by atoms with Gasteiger partial charge in [0.15, 0.2) is 0 Å². The molecule has 2 aliphatic rings. The van der Waals surface area contributed by atoms with Gasteiger partial charge in [-0.15, -0.1) is 16.4 Å². The Balaban J connectivity index is 1.54. The summed E-state index contributed by atoms with van der Waals surface area (Å²) in [6.45, 7) is 8.44. The average Bonchev–Trinajstić information content (AvgIpc) is 3.68. The zero-order valence-electron chi connectivity index (χ0n) is 25.7. The predicted octanol–water partition coefficient (Wildman–Crippen LogP) is 2.04. The van der Waals surface area contributed by atoms with Crippen LogP contribution in [-0.2, 0) is 29.1 Å². The molecule has 4 heterocycles. The number of hydrogen-bond donors (Lipinski definition) is 4. The van der Waals surface area contributed by atoms with Crippen LogP contribution >= 0.6 is 22.9 Å². The summed E-state index contributed by atoms with van der Waals surface area (Å²) >= 11 is 7.97. The van der Waals surface area contributed by atoms with Gasteiger partial charge in [-0.3, -0.25) is 24.0 Å². The van der Waals surface area contributed by atoms with Gasteiger partial charge in [-0.1, -0.05) is 30.7 Å². The van der Waals surface area contributed by atoms with E-state index in [1.807, 2.05) is 25.4 Å². The van der Waals surface area contributed by atoms with Crippen molar-refractivity contribution in [1.82, 2.24) is 40.8 Å². The highest BCUT2D eigenvalue weighted by atomic mass is 35.5. The van der Waals surface area contributed by atoms with E-state index in [0.717, 1.165) is 10.7 Å². The first-order chi connectivity index (χ1) is 21.6. The quantitative estimate of drug-likeness (QED) is 0.300. The molecule has 3 amide bonds. The predicted molar refractivity (Wildman–Crippen MR) is 170 cm³/mol. The topological polar surface area (TPSA) is 164 Å². The number of benzene rings is 1. The van der Waals surface area contributed by atoms with E-state index in [9.17, 15) is 19.5 Å². The van der Waals surface area contributed by atoms with E-state index < -0.39 is 30.0 Å². The lowest BCUT2D eigenvalue weighted by Gasteiger charge is -2.26. The Morgan fingerprint density at radius 1 is 1.13 bits per heavy atom. The Morgan fingerprint density at radius 2 is 1.96 bits per heavy atom. The molecule has 15 heteroatoms. The summed E-state index contributed by atoms with van der Waals surface area (Å²) in [6, 6.07) is 2.39. The molecular weight excluding hydrogens is 620 g/mol. The smallest absolute Gasteiger partial charge is 0.252 e. The number of thiazole rings is 1. The molecule has 2 aromatic heterocycles. The monoisotopic (exact) mass is 660 g/mol. The number of aliphatic hydroxyl groups is 1. The summed E-state index contributed by atoms with van der Waals surface area (Å²) in [5, 5.41) is 30.4. The molecule has 0 unspecified atom stereocenters. The van der Waals surface area contributed by atoms with Gasteiger partial charge < -0.3 is 25.8 Å². The Kier molecular flexibility index (Phi) is 12.7. The van der Waals surface area contributed by atoms with Crippen molar-refractivity contribution >= 4 is 40.7 Å². The second kappa shape index (κ2) is 16.6. The van der Waals surface area contributed by atoms with E-state index in [-0.39, 0.29) is 22.4 Å². The molecule has 0 radical (unpaired) electrons. The molecule has 2 aliphatic heterocycles. The van der Waals surface area contributed by atoms with Gasteiger partial charge >= 0.3 is 0 Å². The molecule has 0 spiro atoms. The summed E-state index contributed by atoms with van der Waals surface area (Å²) in [4.78, 5) is 46.3. The third-order valence-electron chi connectivity index (χ3n) is 7.21. The molecular formula is C30H41ClN8O5S. The maximum Gasteiger partial charge on any atom is 0.252 e. The number of amides is 3. The first kappa shape index (κ1) is 34.3. The largest absolute Gasteiger partial charge is 0.492 e. The molecule has 4 bridgehead atoms. The highest BCUT2D eigenvalue weighted by Gasteiger charge is 2.30. The Bertz CT molecular complexity index is 1420. The number of fused-ring (bicyclic) bond motifs is 17. The van der Waals surface area contributed by atoms with Gasteiger partial charge in [-0.05, 0) is 37.5 Å². The van der Waals surface area contributed by atoms with Crippen LogP contribution in [0.4, 0.5) is 0 Å². The van der Waals surface area contributed by atoms with Crippen LogP contribution in [0.3, 0.4) is 0 Å². The lowest BCUT2D eigenvalue weighted by atomic mass is 10.0. The zero-order valence-corrected chi connectivity index (χ0v) is 27.3. The third kappa shape index (κ3) is 10.5. The molecule has 4 N–H and O–H groups in total. The van der Waals surface area contributed by atoms with Crippen molar-refractivity contribution in [2.75, 3.05) is 26.2 Å². The summed E-state index contributed by atoms with van der Waals surface area (Å²) in [5.74, 6) is -1.12. The Morgan fingerprint density at radius 3 is 2.67 bits per heavy atom. The second-order valence-electron chi connectivity index (χ2n) is 11.4. The maximum absolute atomic E-state index is 13.3. The van der Waals surface area contributed by atoms with Crippen molar-refractivity contribution in [2.45, 2.75) is 71.3 Å². The number of ether oxygens (including phenoxy) is 1. The minimum Gasteiger partial charge on any atom is -0.492 e. The lowest BCUT2D eigenvalue weighted by molar-refractivity contribution is -0.131. The Labute approximate surface area is 271 Å².